The van der Waals surface area contributed by atoms with Crippen LogP contribution < -0.4 is 0 Å². The maximum atomic E-state index is 4.93. The van der Waals surface area contributed by atoms with Crippen LogP contribution in [0.5, 0.6) is 0 Å². The fourth-order valence-corrected chi connectivity index (χ4v) is 7.25. The van der Waals surface area contributed by atoms with Crippen LogP contribution >= 0.6 is 17.0 Å². The molecule has 0 N–H and O–H groups in total. The first-order chi connectivity index (χ1) is 25.5. The van der Waals surface area contributed by atoms with E-state index in [1.54, 1.807) is 0 Å². The fourth-order valence-electron chi connectivity index (χ4n) is 7.25. The Morgan fingerprint density at radius 3 is 1.17 bits per heavy atom. The number of benzene rings is 4. The summed E-state index contributed by atoms with van der Waals surface area (Å²) in [4.78, 5) is 0. The Hall–Kier alpha value is -2.22. The van der Waals surface area contributed by atoms with Gasteiger partial charge in [0, 0.05) is 9.52 Å². The molecule has 2 radical (unpaired) electrons. The van der Waals surface area contributed by atoms with Crippen LogP contribution in [0.1, 0.15) is 128 Å². The summed E-state index contributed by atoms with van der Waals surface area (Å²) in [5.41, 5.74) is 14.5. The molecule has 0 aromatic heterocycles. The van der Waals surface area contributed by atoms with Gasteiger partial charge in [-0.25, -0.2) is 0 Å². The average Bonchev–Trinajstić information content (AvgIpc) is 3.77. The van der Waals surface area contributed by atoms with Crippen molar-refractivity contribution < 1.29 is 20.8 Å². The summed E-state index contributed by atoms with van der Waals surface area (Å²) in [5, 5.41) is 5.55. The molecule has 0 heterocycles. The van der Waals surface area contributed by atoms with Crippen LogP contribution in [-0.2, 0) is 44.5 Å². The zero-order chi connectivity index (χ0) is 40.4. The molecule has 286 valence electrons. The molecule has 0 unspecified atom stereocenters. The van der Waals surface area contributed by atoms with Crippen LogP contribution in [0.15, 0.2) is 97.1 Å². The van der Waals surface area contributed by atoms with E-state index in [0.717, 1.165) is 22.4 Å². The van der Waals surface area contributed by atoms with Crippen molar-refractivity contribution in [2.24, 2.45) is 0 Å². The minimum absolute atomic E-state index is 0.125. The third-order valence-corrected chi connectivity index (χ3v) is 10.1. The fraction of sp³-hybridized carbons (Fsp3) is 0.400. The predicted molar refractivity (Wildman–Crippen MR) is 243 cm³/mol. The molecule has 0 saturated heterocycles. The van der Waals surface area contributed by atoms with E-state index in [4.69, 9.17) is 17.0 Å². The molecule has 0 aliphatic carbocycles. The van der Waals surface area contributed by atoms with E-state index < -0.39 is 20.8 Å². The van der Waals surface area contributed by atoms with E-state index in [2.05, 4.69) is 193 Å². The Kier molecular flexibility index (Phi) is 17.8. The zero-order valence-corrected chi connectivity index (χ0v) is 40.5. The van der Waals surface area contributed by atoms with Crippen molar-refractivity contribution in [1.29, 1.82) is 0 Å². The van der Waals surface area contributed by atoms with Gasteiger partial charge in [0.2, 0.25) is 0 Å². The van der Waals surface area contributed by atoms with Gasteiger partial charge >= 0.3 is 37.9 Å². The Bertz CT molecular complexity index is 1910. The molecule has 0 atom stereocenters. The molecule has 0 nitrogen and oxygen atoms in total. The second-order valence-corrected chi connectivity index (χ2v) is 21.7. The van der Waals surface area contributed by atoms with Gasteiger partial charge in [0.1, 0.15) is 0 Å². The van der Waals surface area contributed by atoms with E-state index in [0.29, 0.717) is 11.8 Å². The summed E-state index contributed by atoms with van der Waals surface area (Å²) in [6.45, 7) is 31.8. The maximum absolute atomic E-state index is 4.93. The van der Waals surface area contributed by atoms with Gasteiger partial charge in [0.15, 0.2) is 0 Å². The molecule has 6 rings (SSSR count). The Balaban J connectivity index is 0.000000254. The first-order valence-electron chi connectivity index (χ1n) is 19.7. The Morgan fingerprint density at radius 2 is 0.889 bits per heavy atom. The zero-order valence-electron chi connectivity index (χ0n) is 35.6. The van der Waals surface area contributed by atoms with Crippen LogP contribution in [0.25, 0.3) is 43.8 Å². The SMILES string of the molecule is CCc1ccccc1-c1c(C(C)(C)C)ccc2[cH-]c(C(C)C)cc12.CCc1ccccc1-c1c(C(C)(C)C)ccc2[cH-]c(C(C)C)cc12.C[Si]C.[Cl][Zr+2][Cl]. The molecule has 0 fully saturated rings. The van der Waals surface area contributed by atoms with Crippen molar-refractivity contribution >= 4 is 48.1 Å². The van der Waals surface area contributed by atoms with Crippen LogP contribution in [0, 0.1) is 0 Å². The second kappa shape index (κ2) is 20.8. The quantitative estimate of drug-likeness (QED) is 0.116. The van der Waals surface area contributed by atoms with Crippen molar-refractivity contribution in [3.8, 4) is 22.3 Å². The molecule has 0 spiro atoms. The molecule has 6 aromatic carbocycles. The predicted octanol–water partition coefficient (Wildman–Crippen LogP) is 16.6. The molecular formula is C50H64Cl2SiZr. The number of fused-ring (bicyclic) bond motifs is 2. The van der Waals surface area contributed by atoms with E-state index in [1.165, 1.54) is 77.2 Å². The topological polar surface area (TPSA) is 0 Å². The van der Waals surface area contributed by atoms with E-state index >= 15 is 0 Å². The molecule has 0 saturated carbocycles. The van der Waals surface area contributed by atoms with Gasteiger partial charge in [-0.15, -0.1) is 69.1 Å². The number of aryl methyl sites for hydroxylation is 2. The van der Waals surface area contributed by atoms with Crippen LogP contribution in [-0.4, -0.2) is 9.52 Å². The van der Waals surface area contributed by atoms with Gasteiger partial charge in [-0.05, 0) is 57.8 Å². The van der Waals surface area contributed by atoms with Gasteiger partial charge in [0.05, 0.1) is 0 Å². The van der Waals surface area contributed by atoms with E-state index in [-0.39, 0.29) is 10.8 Å². The number of rotatable bonds is 6. The Labute approximate surface area is 350 Å². The van der Waals surface area contributed by atoms with Gasteiger partial charge in [-0.3, -0.25) is 0 Å². The molecule has 0 aliphatic heterocycles. The van der Waals surface area contributed by atoms with Gasteiger partial charge in [0.25, 0.3) is 0 Å². The third kappa shape index (κ3) is 11.4. The van der Waals surface area contributed by atoms with Crippen LogP contribution in [0.4, 0.5) is 0 Å². The van der Waals surface area contributed by atoms with Crippen molar-refractivity contribution in [3.05, 3.63) is 130 Å². The minimum atomic E-state index is -0.826. The molecule has 0 amide bonds. The van der Waals surface area contributed by atoms with Crippen molar-refractivity contribution in [2.45, 2.75) is 132 Å². The van der Waals surface area contributed by atoms with E-state index in [9.17, 15) is 0 Å². The standard InChI is InChI=1S/2C24H29.C2H6Si.2ClH.Zr/c2*1-7-17-10-8-9-11-20(17)23-21-15-19(16(2)3)14-18(21)12-13-22(23)24(4,5)6;1-3-2;;;/h2*8-16H,7H2,1-6H3;1-2H3;2*1H;/q2*-1;;;;+4/p-2. The summed E-state index contributed by atoms with van der Waals surface area (Å²) >= 11 is -0.826. The van der Waals surface area contributed by atoms with Crippen LogP contribution in [0.2, 0.25) is 13.1 Å². The Morgan fingerprint density at radius 1 is 0.574 bits per heavy atom. The molecule has 0 aliphatic rings. The first-order valence-corrected chi connectivity index (χ1v) is 28.0. The third-order valence-electron chi connectivity index (χ3n) is 10.1. The van der Waals surface area contributed by atoms with Gasteiger partial charge in [-0.2, -0.15) is 12.1 Å². The summed E-state index contributed by atoms with van der Waals surface area (Å²) in [5.74, 6) is 1.12. The van der Waals surface area contributed by atoms with Crippen molar-refractivity contribution in [1.82, 2.24) is 0 Å². The normalized spacial score (nSPS) is 11.4. The van der Waals surface area contributed by atoms with E-state index in [1.807, 2.05) is 0 Å². The summed E-state index contributed by atoms with van der Waals surface area (Å²) in [6.07, 6.45) is 2.13. The summed E-state index contributed by atoms with van der Waals surface area (Å²) < 4.78 is 0. The molecule has 54 heavy (non-hydrogen) atoms. The average molecular weight is 855 g/mol. The van der Waals surface area contributed by atoms with Gasteiger partial charge in [-0.1, -0.05) is 167 Å². The number of halogens is 2. The number of hydrogen-bond donors (Lipinski definition) is 0. The summed E-state index contributed by atoms with van der Waals surface area (Å²) in [6, 6.07) is 36.6. The summed E-state index contributed by atoms with van der Waals surface area (Å²) in [7, 11) is 11.0. The molecule has 4 heteroatoms. The number of hydrogen-bond acceptors (Lipinski definition) is 0. The molecule has 6 aromatic rings. The first kappa shape index (κ1) is 46.2. The van der Waals surface area contributed by atoms with Crippen molar-refractivity contribution in [2.75, 3.05) is 0 Å². The molecule has 0 bridgehead atoms. The molecular weight excluding hydrogens is 791 g/mol. The second-order valence-electron chi connectivity index (χ2n) is 17.0. The van der Waals surface area contributed by atoms with Crippen molar-refractivity contribution in [3.63, 3.8) is 0 Å². The van der Waals surface area contributed by atoms with Crippen LogP contribution in [0.3, 0.4) is 0 Å². The monoisotopic (exact) mass is 852 g/mol. The van der Waals surface area contributed by atoms with Gasteiger partial charge < -0.3 is 0 Å².